The number of carbonyl (C=O) groups is 2. The fourth-order valence-electron chi connectivity index (χ4n) is 6.23. The number of hydrogen-bond donors (Lipinski definition) is 8. The Balaban J connectivity index is 0.000000204. The number of carbonyl (C=O) groups excluding carboxylic acids is 2. The number of hydrogen-bond acceptors (Lipinski definition) is 17. The molecule has 0 bridgehead atoms. The number of aromatic amines is 1. The Kier molecular flexibility index (Phi) is 11.2. The summed E-state index contributed by atoms with van der Waals surface area (Å²) in [4.78, 5) is 56.3. The van der Waals surface area contributed by atoms with E-state index < -0.39 is 65.4 Å². The van der Waals surface area contributed by atoms with Gasteiger partial charge in [0.05, 0.1) is 22.7 Å². The first-order valence-corrected chi connectivity index (χ1v) is 17.6. The minimum absolute atomic E-state index is 0.0147. The third-order valence-electron chi connectivity index (χ3n) is 8.87. The first-order chi connectivity index (χ1) is 23.6. The van der Waals surface area contributed by atoms with Gasteiger partial charge in [0.2, 0.25) is 5.95 Å². The number of ether oxygens (including phenoxy) is 3. The van der Waals surface area contributed by atoms with Crippen molar-refractivity contribution in [1.82, 2.24) is 19.9 Å². The zero-order chi connectivity index (χ0) is 36.8. The average Bonchev–Trinajstić information content (AvgIpc) is 3.73. The molecule has 9 N–H and O–H groups in total. The number of esters is 1. The van der Waals surface area contributed by atoms with Gasteiger partial charge in [0, 0.05) is 6.42 Å². The molecule has 0 saturated carbocycles. The van der Waals surface area contributed by atoms with Crippen molar-refractivity contribution in [2.75, 3.05) is 17.2 Å². The van der Waals surface area contributed by atoms with Crippen LogP contribution in [-0.4, -0.2) is 102 Å². The zero-order valence-corrected chi connectivity index (χ0v) is 29.3. The summed E-state index contributed by atoms with van der Waals surface area (Å²) in [5, 5.41) is 51.3. The standard InChI is InChI=1S/C18H26N4O6S.C12H15N3O5S/c1-5-9(7(2)3)17(26)27-6-10-11(23)12(24)16(28-10)22-8(4)29-13-14(22)20-18(19)21-15(13)25;1-2-5-7(16)8(17)11(20-5)15-4-3-6(13)14-10(18)9(4)21-12(15)19/h7,9-12,16,23-24H,4-6H2,1-3H3,(H3,19,20,21,25);5,7-8,11,16-17H,2-3H2,1H3,(H2,13,14,18)/t9-,10+,11+,12+,16+;5-,7-,8-,11-/m01/s1. The maximum atomic E-state index is 12.3. The topological polar surface area (TPSA) is 276 Å². The van der Waals surface area contributed by atoms with Crippen LogP contribution in [0, 0.1) is 17.2 Å². The highest BCUT2D eigenvalue weighted by atomic mass is 32.2. The molecule has 2 saturated heterocycles. The van der Waals surface area contributed by atoms with Crippen molar-refractivity contribution >= 4 is 52.6 Å². The fourth-order valence-corrected chi connectivity index (χ4v) is 8.06. The van der Waals surface area contributed by atoms with Crippen LogP contribution >= 0.6 is 23.1 Å². The molecule has 50 heavy (non-hydrogen) atoms. The number of nitrogens with two attached hydrogens (primary N) is 1. The Morgan fingerprint density at radius 3 is 2.36 bits per heavy atom. The van der Waals surface area contributed by atoms with Gasteiger partial charge in [-0.25, -0.2) is 0 Å². The van der Waals surface area contributed by atoms with Crippen molar-refractivity contribution in [1.29, 1.82) is 5.41 Å². The predicted octanol–water partition coefficient (Wildman–Crippen LogP) is -0.390. The van der Waals surface area contributed by atoms with E-state index in [-0.39, 0.29) is 58.2 Å². The van der Waals surface area contributed by atoms with E-state index >= 15 is 0 Å². The number of anilines is 2. The van der Waals surface area contributed by atoms with E-state index in [2.05, 4.69) is 21.9 Å². The molecule has 4 aliphatic heterocycles. The molecular weight excluding hydrogens is 699 g/mol. The number of thioether (sulfide) groups is 1. The van der Waals surface area contributed by atoms with Crippen LogP contribution in [0.4, 0.5) is 11.8 Å². The number of nitrogens with zero attached hydrogens (tertiary/aromatic N) is 3. The van der Waals surface area contributed by atoms with Gasteiger partial charge in [0.15, 0.2) is 18.3 Å². The number of rotatable bonds is 8. The van der Waals surface area contributed by atoms with E-state index in [0.29, 0.717) is 23.6 Å². The molecule has 0 unspecified atom stereocenters. The molecule has 2 fully saturated rings. The highest BCUT2D eigenvalue weighted by Gasteiger charge is 2.50. The van der Waals surface area contributed by atoms with Crippen molar-refractivity contribution in [3.05, 3.63) is 42.2 Å². The van der Waals surface area contributed by atoms with Crippen LogP contribution in [-0.2, 0) is 25.4 Å². The van der Waals surface area contributed by atoms with Crippen molar-refractivity contribution in [2.24, 2.45) is 11.8 Å². The molecule has 4 aliphatic rings. The molecule has 0 aliphatic carbocycles. The second-order valence-corrected chi connectivity index (χ2v) is 14.5. The normalized spacial score (nSPS) is 29.4. The highest BCUT2D eigenvalue weighted by Crippen LogP contribution is 2.45. The second-order valence-electron chi connectivity index (χ2n) is 12.5. The summed E-state index contributed by atoms with van der Waals surface area (Å²) < 4.78 is 17.9. The van der Waals surface area contributed by atoms with Gasteiger partial charge in [0.1, 0.15) is 52.7 Å². The molecule has 274 valence electrons. The third kappa shape index (κ3) is 6.98. The summed E-state index contributed by atoms with van der Waals surface area (Å²) in [7, 11) is 0. The molecule has 6 heterocycles. The molecule has 20 heteroatoms. The lowest BCUT2D eigenvalue weighted by Crippen LogP contribution is -2.42. The monoisotopic (exact) mass is 739 g/mol. The second kappa shape index (κ2) is 14.9. The maximum absolute atomic E-state index is 12.3. The number of amidine groups is 1. The van der Waals surface area contributed by atoms with Gasteiger partial charge in [-0.1, -0.05) is 57.4 Å². The highest BCUT2D eigenvalue weighted by molar-refractivity contribution is 8.03. The van der Waals surface area contributed by atoms with Gasteiger partial charge in [-0.3, -0.25) is 39.0 Å². The number of aliphatic hydroxyl groups is 4. The first kappa shape index (κ1) is 37.6. The molecule has 2 aromatic heterocycles. The number of aliphatic hydroxyl groups excluding tert-OH is 4. The summed E-state index contributed by atoms with van der Waals surface area (Å²) >= 11 is 1.82. The molecule has 0 radical (unpaired) electrons. The van der Waals surface area contributed by atoms with Crippen molar-refractivity contribution in [3.63, 3.8) is 0 Å². The smallest absolute Gasteiger partial charge is 0.310 e. The molecular formula is C30H41N7O11S2. The minimum atomic E-state index is -1.34. The number of fused-ring (bicyclic) bond motifs is 2. The number of amides is 1. The lowest BCUT2D eigenvalue weighted by Gasteiger charge is -2.27. The molecule has 6 rings (SSSR count). The van der Waals surface area contributed by atoms with Crippen LogP contribution in [0.25, 0.3) is 0 Å². The fraction of sp³-hybridized carbons (Fsp3) is 0.600. The average molecular weight is 740 g/mol. The molecule has 0 aromatic carbocycles. The summed E-state index contributed by atoms with van der Waals surface area (Å²) in [6.45, 7) is 11.2. The van der Waals surface area contributed by atoms with Crippen LogP contribution in [0.3, 0.4) is 0 Å². The van der Waals surface area contributed by atoms with E-state index in [1.54, 1.807) is 6.92 Å². The lowest BCUT2D eigenvalue weighted by atomic mass is 9.93. The van der Waals surface area contributed by atoms with Crippen LogP contribution in [0.1, 0.15) is 62.1 Å². The van der Waals surface area contributed by atoms with Crippen molar-refractivity contribution < 1.29 is 44.2 Å². The van der Waals surface area contributed by atoms with Gasteiger partial charge in [-0.2, -0.15) is 4.98 Å². The van der Waals surface area contributed by atoms with E-state index in [4.69, 9.17) is 25.4 Å². The van der Waals surface area contributed by atoms with Crippen molar-refractivity contribution in [2.45, 2.75) is 101 Å². The molecule has 2 aromatic rings. The summed E-state index contributed by atoms with van der Waals surface area (Å²) in [5.41, 5.74) is 5.55. The van der Waals surface area contributed by atoms with Crippen LogP contribution in [0.5, 0.6) is 0 Å². The summed E-state index contributed by atoms with van der Waals surface area (Å²) in [6, 6.07) is 0. The predicted molar refractivity (Wildman–Crippen MR) is 181 cm³/mol. The van der Waals surface area contributed by atoms with Crippen LogP contribution < -0.4 is 26.4 Å². The Morgan fingerprint density at radius 2 is 1.74 bits per heavy atom. The Bertz CT molecular complexity index is 1780. The molecule has 0 spiro atoms. The number of aromatic nitrogens is 3. The van der Waals surface area contributed by atoms with E-state index in [1.807, 2.05) is 20.8 Å². The number of nitrogen functional groups attached to an aromatic ring is 1. The summed E-state index contributed by atoms with van der Waals surface area (Å²) in [5.74, 6) is -0.913. The van der Waals surface area contributed by atoms with Crippen LogP contribution in [0.15, 0.2) is 26.1 Å². The van der Waals surface area contributed by atoms with Gasteiger partial charge >= 0.3 is 10.8 Å². The summed E-state index contributed by atoms with van der Waals surface area (Å²) in [6.07, 6.45) is -7.35. The number of thiazole rings is 1. The Hall–Kier alpha value is -3.63. The van der Waals surface area contributed by atoms with E-state index in [0.717, 1.165) is 23.1 Å². The van der Waals surface area contributed by atoms with E-state index in [1.165, 1.54) is 9.47 Å². The number of nitrogens with one attached hydrogen (secondary N) is 3. The van der Waals surface area contributed by atoms with E-state index in [9.17, 15) is 39.6 Å². The SMILES string of the molecule is C=C1Sc2c(nc(N)[nH]c2=O)N1[C@@H]1O[C@H](COC(=O)[C@@H](CC)C(C)C)[C@@H](O)[C@H]1O.CC[C@H]1O[C@@H](n2c3c(sc2=O)C(=O)NC(=N)C3)[C@H](O)[C@@H]1O. The maximum Gasteiger partial charge on any atom is 0.310 e. The third-order valence-corrected chi connectivity index (χ3v) is 10.9. The number of H-pyrrole nitrogens is 1. The first-order valence-electron chi connectivity index (χ1n) is 16.0. The Labute approximate surface area is 293 Å². The zero-order valence-electron chi connectivity index (χ0n) is 27.7. The molecule has 18 nitrogen and oxygen atoms in total. The Morgan fingerprint density at radius 1 is 1.10 bits per heavy atom. The quantitative estimate of drug-likeness (QED) is 0.160. The van der Waals surface area contributed by atoms with Crippen molar-refractivity contribution in [3.8, 4) is 0 Å². The lowest BCUT2D eigenvalue weighted by molar-refractivity contribution is -0.155. The molecule has 9 atom stereocenters. The van der Waals surface area contributed by atoms with Gasteiger partial charge in [0.25, 0.3) is 11.5 Å². The van der Waals surface area contributed by atoms with Gasteiger partial charge < -0.3 is 45.7 Å². The minimum Gasteiger partial charge on any atom is -0.463 e. The van der Waals surface area contributed by atoms with Gasteiger partial charge in [-0.15, -0.1) is 0 Å². The largest absolute Gasteiger partial charge is 0.463 e. The molecule has 1 amide bonds. The van der Waals surface area contributed by atoms with Gasteiger partial charge in [-0.05, 0) is 18.8 Å². The van der Waals surface area contributed by atoms with Crippen LogP contribution in [0.2, 0.25) is 0 Å².